The smallest absolute Gasteiger partial charge is 0.266 e. The zero-order valence-corrected chi connectivity index (χ0v) is 20.7. The molecule has 2 aromatic carbocycles. The van der Waals surface area contributed by atoms with E-state index in [9.17, 15) is 4.79 Å². The van der Waals surface area contributed by atoms with E-state index < -0.39 is 0 Å². The molecule has 170 valence electrons. The summed E-state index contributed by atoms with van der Waals surface area (Å²) in [6, 6.07) is 11.5. The molecule has 0 radical (unpaired) electrons. The molecule has 5 nitrogen and oxygen atoms in total. The Bertz CT molecular complexity index is 1030. The van der Waals surface area contributed by atoms with Crippen molar-refractivity contribution in [2.75, 3.05) is 26.4 Å². The Balaban J connectivity index is 1.66. The van der Waals surface area contributed by atoms with E-state index in [1.807, 2.05) is 51.1 Å². The Kier molecular flexibility index (Phi) is 8.84. The lowest BCUT2D eigenvalue weighted by Gasteiger charge is -2.15. The zero-order chi connectivity index (χ0) is 23.1. The normalized spacial score (nSPS) is 14.9. The van der Waals surface area contributed by atoms with E-state index in [1.165, 1.54) is 11.8 Å². The molecule has 0 N–H and O–H groups in total. The SMILES string of the molecule is CCOc1cc(/C=C2\SC(=S)N(CC)C2=O)cc(Cl)c1OCCCOc1cccc(C)c1. The number of benzene rings is 2. The molecular weight excluding hydrogens is 466 g/mol. The van der Waals surface area contributed by atoms with Crippen LogP contribution in [0.5, 0.6) is 17.2 Å². The third-order valence-electron chi connectivity index (χ3n) is 4.61. The van der Waals surface area contributed by atoms with Crippen LogP contribution in [0.15, 0.2) is 41.3 Å². The number of amides is 1. The first kappa shape index (κ1) is 24.4. The number of thioether (sulfide) groups is 1. The lowest BCUT2D eigenvalue weighted by Crippen LogP contribution is -2.27. The minimum absolute atomic E-state index is 0.0921. The Hall–Kier alpha value is -2.22. The number of rotatable bonds is 10. The molecule has 2 aromatic rings. The van der Waals surface area contributed by atoms with Gasteiger partial charge in [0.25, 0.3) is 5.91 Å². The summed E-state index contributed by atoms with van der Waals surface area (Å²) in [7, 11) is 0. The number of thiocarbonyl (C=S) groups is 1. The molecule has 0 saturated carbocycles. The molecule has 32 heavy (non-hydrogen) atoms. The summed E-state index contributed by atoms with van der Waals surface area (Å²) >= 11 is 13.1. The second-order valence-corrected chi connectivity index (χ2v) is 9.14. The molecule has 1 fully saturated rings. The summed E-state index contributed by atoms with van der Waals surface area (Å²) in [6.45, 7) is 7.80. The highest BCUT2D eigenvalue weighted by molar-refractivity contribution is 8.26. The van der Waals surface area contributed by atoms with Gasteiger partial charge in [0, 0.05) is 13.0 Å². The van der Waals surface area contributed by atoms with Crippen LogP contribution in [0.4, 0.5) is 0 Å². The van der Waals surface area contributed by atoms with Crippen LogP contribution in [-0.2, 0) is 4.79 Å². The molecule has 0 aliphatic carbocycles. The maximum atomic E-state index is 12.5. The van der Waals surface area contributed by atoms with Crippen molar-refractivity contribution in [3.05, 3.63) is 57.5 Å². The zero-order valence-electron chi connectivity index (χ0n) is 18.4. The molecule has 1 saturated heterocycles. The fraction of sp³-hybridized carbons (Fsp3) is 0.333. The Labute approximate surface area is 203 Å². The van der Waals surface area contributed by atoms with Gasteiger partial charge in [-0.05, 0) is 62.2 Å². The minimum Gasteiger partial charge on any atom is -0.493 e. The van der Waals surface area contributed by atoms with Gasteiger partial charge in [-0.1, -0.05) is 47.7 Å². The van der Waals surface area contributed by atoms with Crippen molar-refractivity contribution in [3.8, 4) is 17.2 Å². The molecular formula is C24H26ClNO4S2. The summed E-state index contributed by atoms with van der Waals surface area (Å²) in [5, 5.41) is 0.424. The topological polar surface area (TPSA) is 48.0 Å². The van der Waals surface area contributed by atoms with Gasteiger partial charge in [0.1, 0.15) is 10.1 Å². The largest absolute Gasteiger partial charge is 0.493 e. The number of carbonyl (C=O) groups is 1. The summed E-state index contributed by atoms with van der Waals surface area (Å²) in [5.41, 5.74) is 1.91. The second kappa shape index (κ2) is 11.6. The molecule has 0 atom stereocenters. The van der Waals surface area contributed by atoms with E-state index in [1.54, 1.807) is 17.0 Å². The van der Waals surface area contributed by atoms with Crippen molar-refractivity contribution in [2.24, 2.45) is 0 Å². The van der Waals surface area contributed by atoms with Crippen LogP contribution in [0.25, 0.3) is 6.08 Å². The first-order valence-electron chi connectivity index (χ1n) is 10.5. The Morgan fingerprint density at radius 3 is 2.59 bits per heavy atom. The van der Waals surface area contributed by atoms with E-state index in [2.05, 4.69) is 0 Å². The quantitative estimate of drug-likeness (QED) is 0.227. The van der Waals surface area contributed by atoms with Gasteiger partial charge in [0.15, 0.2) is 11.5 Å². The fourth-order valence-corrected chi connectivity index (χ4v) is 4.78. The van der Waals surface area contributed by atoms with Crippen LogP contribution in [0.1, 0.15) is 31.4 Å². The molecule has 0 unspecified atom stereocenters. The van der Waals surface area contributed by atoms with Crippen LogP contribution in [-0.4, -0.2) is 41.5 Å². The van der Waals surface area contributed by atoms with Crippen LogP contribution in [0, 0.1) is 6.92 Å². The van der Waals surface area contributed by atoms with Crippen LogP contribution >= 0.6 is 35.6 Å². The predicted molar refractivity (Wildman–Crippen MR) is 135 cm³/mol. The molecule has 0 aromatic heterocycles. The molecule has 1 amide bonds. The third-order valence-corrected chi connectivity index (χ3v) is 6.27. The first-order valence-corrected chi connectivity index (χ1v) is 12.1. The van der Waals surface area contributed by atoms with Crippen molar-refractivity contribution < 1.29 is 19.0 Å². The number of ether oxygens (including phenoxy) is 3. The van der Waals surface area contributed by atoms with E-state index in [4.69, 9.17) is 38.0 Å². The molecule has 1 aliphatic heterocycles. The van der Waals surface area contributed by atoms with Gasteiger partial charge in [-0.15, -0.1) is 0 Å². The highest BCUT2D eigenvalue weighted by Crippen LogP contribution is 2.39. The average Bonchev–Trinajstić information content (AvgIpc) is 3.02. The van der Waals surface area contributed by atoms with E-state index in [-0.39, 0.29) is 5.91 Å². The van der Waals surface area contributed by atoms with Crippen molar-refractivity contribution in [2.45, 2.75) is 27.2 Å². The number of carbonyl (C=O) groups excluding carboxylic acids is 1. The number of nitrogens with zero attached hydrogens (tertiary/aromatic N) is 1. The molecule has 8 heteroatoms. The van der Waals surface area contributed by atoms with E-state index in [0.717, 1.165) is 16.9 Å². The number of likely N-dealkylation sites (N-methyl/N-ethyl adjacent to an activating group) is 1. The molecule has 1 heterocycles. The van der Waals surface area contributed by atoms with Crippen LogP contribution in [0.2, 0.25) is 5.02 Å². The van der Waals surface area contributed by atoms with Gasteiger partial charge in [-0.3, -0.25) is 9.69 Å². The summed E-state index contributed by atoms with van der Waals surface area (Å²) in [4.78, 5) is 14.6. The van der Waals surface area contributed by atoms with Crippen molar-refractivity contribution in [1.82, 2.24) is 4.90 Å². The highest BCUT2D eigenvalue weighted by Gasteiger charge is 2.30. The second-order valence-electron chi connectivity index (χ2n) is 7.06. The van der Waals surface area contributed by atoms with Crippen molar-refractivity contribution >= 4 is 51.9 Å². The monoisotopic (exact) mass is 491 g/mol. The molecule has 1 aliphatic rings. The van der Waals surface area contributed by atoms with Gasteiger partial charge in [-0.25, -0.2) is 0 Å². The van der Waals surface area contributed by atoms with Crippen LogP contribution < -0.4 is 14.2 Å². The predicted octanol–water partition coefficient (Wildman–Crippen LogP) is 6.12. The maximum absolute atomic E-state index is 12.5. The third kappa shape index (κ3) is 6.18. The van der Waals surface area contributed by atoms with Crippen molar-refractivity contribution in [3.63, 3.8) is 0 Å². The van der Waals surface area contributed by atoms with Gasteiger partial charge >= 0.3 is 0 Å². The van der Waals surface area contributed by atoms with Crippen LogP contribution in [0.3, 0.4) is 0 Å². The molecule has 0 bridgehead atoms. The number of hydrogen-bond acceptors (Lipinski definition) is 6. The average molecular weight is 492 g/mol. The number of halogens is 1. The molecule has 3 rings (SSSR count). The highest BCUT2D eigenvalue weighted by atomic mass is 35.5. The lowest BCUT2D eigenvalue weighted by molar-refractivity contribution is -0.121. The van der Waals surface area contributed by atoms with Gasteiger partial charge in [-0.2, -0.15) is 0 Å². The number of aryl methyl sites for hydroxylation is 1. The first-order chi connectivity index (χ1) is 15.4. The van der Waals surface area contributed by atoms with Gasteiger partial charge in [0.05, 0.1) is 29.7 Å². The van der Waals surface area contributed by atoms with Crippen molar-refractivity contribution in [1.29, 1.82) is 0 Å². The maximum Gasteiger partial charge on any atom is 0.266 e. The van der Waals surface area contributed by atoms with Gasteiger partial charge in [0.2, 0.25) is 0 Å². The fourth-order valence-electron chi connectivity index (χ4n) is 3.13. The Morgan fingerprint density at radius 2 is 1.91 bits per heavy atom. The lowest BCUT2D eigenvalue weighted by atomic mass is 10.1. The number of hydrogen-bond donors (Lipinski definition) is 0. The molecule has 0 spiro atoms. The summed E-state index contributed by atoms with van der Waals surface area (Å²) in [5.74, 6) is 1.78. The van der Waals surface area contributed by atoms with Gasteiger partial charge < -0.3 is 14.2 Å². The van der Waals surface area contributed by atoms with E-state index >= 15 is 0 Å². The summed E-state index contributed by atoms with van der Waals surface area (Å²) in [6.07, 6.45) is 2.47. The van der Waals surface area contributed by atoms with E-state index in [0.29, 0.717) is 58.5 Å². The minimum atomic E-state index is -0.0921. The Morgan fingerprint density at radius 1 is 1.12 bits per heavy atom. The standard InChI is InChI=1S/C24H26ClNO4S2/c1-4-26-23(27)21(32-24(26)31)15-17-13-19(25)22(20(14-17)28-5-2)30-11-7-10-29-18-9-6-8-16(3)12-18/h6,8-9,12-15H,4-5,7,10-11H2,1-3H3/b21-15-. The summed E-state index contributed by atoms with van der Waals surface area (Å²) < 4.78 is 18.0.